The average Bonchev–Trinajstić information content (AvgIpc) is 3.09. The van der Waals surface area contributed by atoms with E-state index in [2.05, 4.69) is 27.7 Å². The van der Waals surface area contributed by atoms with Crippen molar-refractivity contribution in [2.45, 2.75) is 19.0 Å². The van der Waals surface area contributed by atoms with Gasteiger partial charge in [-0.15, -0.1) is 5.10 Å². The first kappa shape index (κ1) is 16.4. The number of carbonyl (C=O) groups is 1. The van der Waals surface area contributed by atoms with Crippen LogP contribution in [0.1, 0.15) is 13.8 Å². The molecule has 1 heterocycles. The van der Waals surface area contributed by atoms with Gasteiger partial charge in [0.05, 0.1) is 11.4 Å². The molecular weight excluding hydrogens is 322 g/mol. The summed E-state index contributed by atoms with van der Waals surface area (Å²) in [7, 11) is 0. The number of aromatic nitrogens is 4. The van der Waals surface area contributed by atoms with Crippen molar-refractivity contribution in [3.8, 4) is 5.69 Å². The number of fused-ring (bicyclic) bond motifs is 1. The normalized spacial score (nSPS) is 10.9. The molecule has 0 saturated heterocycles. The van der Waals surface area contributed by atoms with E-state index in [1.165, 1.54) is 11.8 Å². The van der Waals surface area contributed by atoms with Crippen molar-refractivity contribution in [2.75, 3.05) is 18.8 Å². The Balaban J connectivity index is 1.86. The first-order valence-electron chi connectivity index (χ1n) is 7.91. The molecule has 0 N–H and O–H groups in total. The Kier molecular flexibility index (Phi) is 5.10. The molecule has 2 aromatic carbocycles. The van der Waals surface area contributed by atoms with E-state index < -0.39 is 0 Å². The second-order valence-electron chi connectivity index (χ2n) is 5.23. The van der Waals surface area contributed by atoms with Crippen molar-refractivity contribution in [1.29, 1.82) is 0 Å². The fourth-order valence-corrected chi connectivity index (χ4v) is 3.39. The fraction of sp³-hybridized carbons (Fsp3) is 0.294. The van der Waals surface area contributed by atoms with Gasteiger partial charge in [-0.05, 0) is 35.7 Å². The first-order chi connectivity index (χ1) is 11.7. The zero-order valence-corrected chi connectivity index (χ0v) is 14.5. The van der Waals surface area contributed by atoms with Crippen LogP contribution in [0, 0.1) is 0 Å². The van der Waals surface area contributed by atoms with Crippen LogP contribution in [0.2, 0.25) is 0 Å². The third-order valence-electron chi connectivity index (χ3n) is 3.88. The highest BCUT2D eigenvalue weighted by Crippen LogP contribution is 2.25. The largest absolute Gasteiger partial charge is 0.343 e. The maximum Gasteiger partial charge on any atom is 0.233 e. The zero-order valence-electron chi connectivity index (χ0n) is 13.7. The van der Waals surface area contributed by atoms with Gasteiger partial charge in [0.2, 0.25) is 11.1 Å². The van der Waals surface area contributed by atoms with E-state index in [9.17, 15) is 4.79 Å². The van der Waals surface area contributed by atoms with Crippen LogP contribution in [0.3, 0.4) is 0 Å². The molecule has 6 nitrogen and oxygen atoms in total. The number of hydrogen-bond acceptors (Lipinski definition) is 5. The van der Waals surface area contributed by atoms with Crippen molar-refractivity contribution < 1.29 is 4.79 Å². The van der Waals surface area contributed by atoms with Gasteiger partial charge in [-0.3, -0.25) is 4.79 Å². The number of hydrogen-bond donors (Lipinski definition) is 0. The topological polar surface area (TPSA) is 63.9 Å². The van der Waals surface area contributed by atoms with Crippen LogP contribution in [0.5, 0.6) is 0 Å². The van der Waals surface area contributed by atoms with Crippen LogP contribution in [0.25, 0.3) is 16.5 Å². The molecule has 0 bridgehead atoms. The lowest BCUT2D eigenvalue weighted by atomic mass is 10.1. The highest BCUT2D eigenvalue weighted by Gasteiger charge is 2.15. The number of benzene rings is 2. The summed E-state index contributed by atoms with van der Waals surface area (Å²) in [6.07, 6.45) is 0. The minimum absolute atomic E-state index is 0.0949. The number of thioether (sulfide) groups is 1. The molecule has 0 aliphatic heterocycles. The van der Waals surface area contributed by atoms with Gasteiger partial charge in [-0.1, -0.05) is 48.2 Å². The number of amides is 1. The summed E-state index contributed by atoms with van der Waals surface area (Å²) in [6, 6.07) is 14.1. The Hall–Kier alpha value is -2.41. The standard InChI is InChI=1S/C17H19N5OS/c1-3-21(4-2)16(23)12-24-17-18-19-20-22(17)15-11-7-9-13-8-5-6-10-14(13)15/h5-11H,3-4,12H2,1-2H3. The van der Waals surface area contributed by atoms with Crippen LogP contribution in [-0.4, -0.2) is 49.9 Å². The van der Waals surface area contributed by atoms with Gasteiger partial charge in [-0.25, -0.2) is 0 Å². The predicted octanol–water partition coefficient (Wildman–Crippen LogP) is 2.78. The van der Waals surface area contributed by atoms with E-state index in [-0.39, 0.29) is 5.91 Å². The van der Waals surface area contributed by atoms with Gasteiger partial charge in [-0.2, -0.15) is 4.68 Å². The van der Waals surface area contributed by atoms with Crippen LogP contribution in [-0.2, 0) is 4.79 Å². The maximum absolute atomic E-state index is 12.2. The molecule has 0 aliphatic carbocycles. The molecule has 3 aromatic rings. The quantitative estimate of drug-likeness (QED) is 0.645. The molecule has 24 heavy (non-hydrogen) atoms. The third kappa shape index (κ3) is 3.26. The highest BCUT2D eigenvalue weighted by molar-refractivity contribution is 7.99. The SMILES string of the molecule is CCN(CC)C(=O)CSc1nnnn1-c1cccc2ccccc12. The van der Waals surface area contributed by atoms with Gasteiger partial charge < -0.3 is 4.90 Å². The van der Waals surface area contributed by atoms with E-state index in [4.69, 9.17) is 0 Å². The zero-order chi connectivity index (χ0) is 16.9. The monoisotopic (exact) mass is 341 g/mol. The van der Waals surface area contributed by atoms with E-state index in [1.807, 2.05) is 44.2 Å². The Morgan fingerprint density at radius 2 is 1.88 bits per heavy atom. The van der Waals surface area contributed by atoms with Crippen molar-refractivity contribution in [3.63, 3.8) is 0 Å². The summed E-state index contributed by atoms with van der Waals surface area (Å²) in [6.45, 7) is 5.38. The van der Waals surface area contributed by atoms with Gasteiger partial charge in [0, 0.05) is 18.5 Å². The molecule has 0 unspecified atom stereocenters. The van der Waals surface area contributed by atoms with Gasteiger partial charge in [0.1, 0.15) is 0 Å². The second kappa shape index (κ2) is 7.44. The molecule has 0 aliphatic rings. The summed E-state index contributed by atoms with van der Waals surface area (Å²) >= 11 is 1.36. The molecule has 1 amide bonds. The lowest BCUT2D eigenvalue weighted by Crippen LogP contribution is -2.31. The smallest absolute Gasteiger partial charge is 0.233 e. The molecule has 0 saturated carbocycles. The van der Waals surface area contributed by atoms with Crippen molar-refractivity contribution in [2.24, 2.45) is 0 Å². The molecule has 0 atom stereocenters. The maximum atomic E-state index is 12.2. The van der Waals surface area contributed by atoms with Gasteiger partial charge in [0.15, 0.2) is 0 Å². The number of nitrogens with zero attached hydrogens (tertiary/aromatic N) is 5. The highest BCUT2D eigenvalue weighted by atomic mass is 32.2. The molecule has 3 rings (SSSR count). The van der Waals surface area contributed by atoms with Gasteiger partial charge in [0.25, 0.3) is 0 Å². The molecule has 1 aromatic heterocycles. The molecule has 0 radical (unpaired) electrons. The summed E-state index contributed by atoms with van der Waals surface area (Å²) in [5.41, 5.74) is 0.913. The van der Waals surface area contributed by atoms with Gasteiger partial charge >= 0.3 is 0 Å². The summed E-state index contributed by atoms with van der Waals surface area (Å²) in [5, 5.41) is 14.8. The van der Waals surface area contributed by atoms with Crippen LogP contribution >= 0.6 is 11.8 Å². The first-order valence-corrected chi connectivity index (χ1v) is 8.90. The lowest BCUT2D eigenvalue weighted by molar-refractivity contribution is -0.127. The van der Waals surface area contributed by atoms with E-state index in [0.717, 1.165) is 16.5 Å². The molecule has 7 heteroatoms. The van der Waals surface area contributed by atoms with Crippen molar-refractivity contribution in [1.82, 2.24) is 25.1 Å². The number of tetrazole rings is 1. The van der Waals surface area contributed by atoms with E-state index in [0.29, 0.717) is 24.0 Å². The second-order valence-corrected chi connectivity index (χ2v) is 6.17. The third-order valence-corrected chi connectivity index (χ3v) is 4.78. The summed E-state index contributed by atoms with van der Waals surface area (Å²) in [4.78, 5) is 14.0. The van der Waals surface area contributed by atoms with E-state index >= 15 is 0 Å². The molecule has 0 fully saturated rings. The summed E-state index contributed by atoms with van der Waals surface area (Å²) in [5.74, 6) is 0.421. The van der Waals surface area contributed by atoms with Crippen LogP contribution < -0.4 is 0 Å². The minimum Gasteiger partial charge on any atom is -0.343 e. The minimum atomic E-state index is 0.0949. The van der Waals surface area contributed by atoms with Crippen molar-refractivity contribution >= 4 is 28.4 Å². The number of rotatable bonds is 6. The predicted molar refractivity (Wildman–Crippen MR) is 95.3 cm³/mol. The molecule has 0 spiro atoms. The van der Waals surface area contributed by atoms with Crippen LogP contribution in [0.4, 0.5) is 0 Å². The average molecular weight is 341 g/mol. The van der Waals surface area contributed by atoms with Crippen LogP contribution in [0.15, 0.2) is 47.6 Å². The Labute approximate surface area is 144 Å². The Morgan fingerprint density at radius 1 is 1.12 bits per heavy atom. The lowest BCUT2D eigenvalue weighted by Gasteiger charge is -2.17. The summed E-state index contributed by atoms with van der Waals surface area (Å²) < 4.78 is 1.70. The van der Waals surface area contributed by atoms with Crippen molar-refractivity contribution in [3.05, 3.63) is 42.5 Å². The van der Waals surface area contributed by atoms with E-state index in [1.54, 1.807) is 9.58 Å². The Bertz CT molecular complexity index is 838. The molecular formula is C17H19N5OS. The fourth-order valence-electron chi connectivity index (χ4n) is 2.61. The number of carbonyl (C=O) groups excluding carboxylic acids is 1. The molecule has 124 valence electrons. The Morgan fingerprint density at radius 3 is 2.67 bits per heavy atom.